The molecular weight excluding hydrogens is 298 g/mol. The molecule has 0 saturated carbocycles. The largest absolute Gasteiger partial charge is 0.325 e. The van der Waals surface area contributed by atoms with E-state index < -0.39 is 0 Å². The summed E-state index contributed by atoms with van der Waals surface area (Å²) in [4.78, 5) is 17.1. The third kappa shape index (κ3) is 6.25. The molecule has 4 heteroatoms. The molecule has 0 aromatic heterocycles. The standard InChI is InChI=1S/C20H33N3O/c1-3-5-6-9-12-22-13-15-23(16-14-22)17-20(24)21-19-11-8-7-10-18(19)4-2/h7-8,10-11H,3-6,9,12-17H2,1-2H3,(H,21,24). The summed E-state index contributed by atoms with van der Waals surface area (Å²) in [5, 5.41) is 3.07. The first-order valence-electron chi connectivity index (χ1n) is 9.55. The molecule has 0 bridgehead atoms. The summed E-state index contributed by atoms with van der Waals surface area (Å²) in [5.74, 6) is 0.104. The SMILES string of the molecule is CCCCCCN1CCN(CC(=O)Nc2ccccc2CC)CC1. The molecule has 24 heavy (non-hydrogen) atoms. The molecule has 0 atom stereocenters. The molecule has 2 rings (SSSR count). The first kappa shape index (κ1) is 18.9. The molecule has 1 aromatic rings. The average Bonchev–Trinajstić information content (AvgIpc) is 2.60. The van der Waals surface area contributed by atoms with Gasteiger partial charge < -0.3 is 10.2 Å². The van der Waals surface area contributed by atoms with Crippen LogP contribution in [0.4, 0.5) is 5.69 Å². The van der Waals surface area contributed by atoms with Crippen molar-refractivity contribution < 1.29 is 4.79 Å². The number of anilines is 1. The molecule has 1 fully saturated rings. The van der Waals surface area contributed by atoms with Gasteiger partial charge in [0.15, 0.2) is 0 Å². The fourth-order valence-corrected chi connectivity index (χ4v) is 3.28. The first-order valence-corrected chi connectivity index (χ1v) is 9.55. The average molecular weight is 332 g/mol. The molecule has 134 valence electrons. The number of benzene rings is 1. The topological polar surface area (TPSA) is 35.6 Å². The van der Waals surface area contributed by atoms with E-state index in [9.17, 15) is 4.79 Å². The predicted octanol–water partition coefficient (Wildman–Crippen LogP) is 3.39. The highest BCUT2D eigenvalue weighted by Crippen LogP contribution is 2.15. The fraction of sp³-hybridized carbons (Fsp3) is 0.650. The molecule has 0 spiro atoms. The van der Waals surface area contributed by atoms with E-state index in [1.54, 1.807) is 0 Å². The quantitative estimate of drug-likeness (QED) is 0.705. The molecule has 0 radical (unpaired) electrons. The number of hydrogen-bond acceptors (Lipinski definition) is 3. The molecule has 1 amide bonds. The van der Waals surface area contributed by atoms with Gasteiger partial charge in [0.05, 0.1) is 6.54 Å². The molecular formula is C20H33N3O. The zero-order chi connectivity index (χ0) is 17.2. The van der Waals surface area contributed by atoms with Gasteiger partial charge in [0.25, 0.3) is 0 Å². The predicted molar refractivity (Wildman–Crippen MR) is 101 cm³/mol. The van der Waals surface area contributed by atoms with Crippen LogP contribution in [0.3, 0.4) is 0 Å². The van der Waals surface area contributed by atoms with Gasteiger partial charge in [-0.25, -0.2) is 0 Å². The molecule has 1 saturated heterocycles. The minimum atomic E-state index is 0.104. The lowest BCUT2D eigenvalue weighted by Gasteiger charge is -2.34. The van der Waals surface area contributed by atoms with E-state index >= 15 is 0 Å². The molecule has 1 aromatic carbocycles. The van der Waals surface area contributed by atoms with E-state index in [2.05, 4.69) is 35.0 Å². The van der Waals surface area contributed by atoms with Crippen LogP contribution in [0.25, 0.3) is 0 Å². The lowest BCUT2D eigenvalue weighted by Crippen LogP contribution is -2.48. The highest BCUT2D eigenvalue weighted by molar-refractivity contribution is 5.93. The van der Waals surface area contributed by atoms with Gasteiger partial charge >= 0.3 is 0 Å². The highest BCUT2D eigenvalue weighted by Gasteiger charge is 2.18. The van der Waals surface area contributed by atoms with Crippen LogP contribution in [0, 0.1) is 0 Å². The van der Waals surface area contributed by atoms with Crippen molar-refractivity contribution in [1.29, 1.82) is 0 Å². The van der Waals surface area contributed by atoms with E-state index in [-0.39, 0.29) is 5.91 Å². The van der Waals surface area contributed by atoms with Crippen LogP contribution in [-0.4, -0.2) is 55.0 Å². The van der Waals surface area contributed by atoms with Gasteiger partial charge in [-0.3, -0.25) is 9.69 Å². The Bertz CT molecular complexity index is 495. The maximum atomic E-state index is 12.3. The number of carbonyl (C=O) groups is 1. The van der Waals surface area contributed by atoms with Crippen molar-refractivity contribution in [1.82, 2.24) is 9.80 Å². The number of carbonyl (C=O) groups excluding carboxylic acids is 1. The summed E-state index contributed by atoms with van der Waals surface area (Å²) in [6.07, 6.45) is 6.23. The summed E-state index contributed by atoms with van der Waals surface area (Å²) in [5.41, 5.74) is 2.15. The Morgan fingerprint density at radius 2 is 1.71 bits per heavy atom. The number of unbranched alkanes of at least 4 members (excludes halogenated alkanes) is 3. The maximum absolute atomic E-state index is 12.3. The molecule has 1 heterocycles. The van der Waals surface area contributed by atoms with Crippen LogP contribution in [0.5, 0.6) is 0 Å². The smallest absolute Gasteiger partial charge is 0.238 e. The van der Waals surface area contributed by atoms with Crippen LogP contribution in [-0.2, 0) is 11.2 Å². The molecule has 0 unspecified atom stereocenters. The Balaban J connectivity index is 1.68. The summed E-state index contributed by atoms with van der Waals surface area (Å²) >= 11 is 0. The van der Waals surface area contributed by atoms with Crippen LogP contribution in [0.15, 0.2) is 24.3 Å². The van der Waals surface area contributed by atoms with Gasteiger partial charge in [-0.2, -0.15) is 0 Å². The van der Waals surface area contributed by atoms with Crippen LogP contribution >= 0.6 is 0 Å². The Morgan fingerprint density at radius 1 is 1.00 bits per heavy atom. The third-order valence-corrected chi connectivity index (χ3v) is 4.83. The molecule has 1 aliphatic heterocycles. The zero-order valence-corrected chi connectivity index (χ0v) is 15.4. The van der Waals surface area contributed by atoms with E-state index in [1.165, 1.54) is 37.8 Å². The Labute approximate surface area is 147 Å². The summed E-state index contributed by atoms with van der Waals surface area (Å²) in [7, 11) is 0. The monoisotopic (exact) mass is 331 g/mol. The molecule has 4 nitrogen and oxygen atoms in total. The van der Waals surface area contributed by atoms with Crippen molar-refractivity contribution in [3.05, 3.63) is 29.8 Å². The number of aryl methyl sites for hydroxylation is 1. The summed E-state index contributed by atoms with van der Waals surface area (Å²) in [6.45, 7) is 10.3. The molecule has 1 aliphatic rings. The van der Waals surface area contributed by atoms with Gasteiger partial charge in [-0.1, -0.05) is 51.3 Å². The number of amides is 1. The third-order valence-electron chi connectivity index (χ3n) is 4.83. The summed E-state index contributed by atoms with van der Waals surface area (Å²) < 4.78 is 0. The maximum Gasteiger partial charge on any atom is 0.238 e. The van der Waals surface area contributed by atoms with Gasteiger partial charge in [-0.15, -0.1) is 0 Å². The van der Waals surface area contributed by atoms with Crippen molar-refractivity contribution >= 4 is 11.6 Å². The van der Waals surface area contributed by atoms with Gasteiger partial charge in [0.2, 0.25) is 5.91 Å². The number of nitrogens with one attached hydrogen (secondary N) is 1. The van der Waals surface area contributed by atoms with Crippen LogP contribution in [0.1, 0.15) is 45.1 Å². The first-order chi connectivity index (χ1) is 11.7. The number of nitrogens with zero attached hydrogens (tertiary/aromatic N) is 2. The van der Waals surface area contributed by atoms with Crippen LogP contribution in [0.2, 0.25) is 0 Å². The fourth-order valence-electron chi connectivity index (χ4n) is 3.28. The highest BCUT2D eigenvalue weighted by atomic mass is 16.2. The minimum absolute atomic E-state index is 0.104. The molecule has 0 aliphatic carbocycles. The van der Waals surface area contributed by atoms with Gasteiger partial charge in [-0.05, 0) is 31.0 Å². The van der Waals surface area contributed by atoms with E-state index in [1.807, 2.05) is 18.2 Å². The lowest BCUT2D eigenvalue weighted by atomic mass is 10.1. The second kappa shape index (κ2) is 10.5. The Kier molecular flexibility index (Phi) is 8.26. The number of para-hydroxylation sites is 1. The minimum Gasteiger partial charge on any atom is -0.325 e. The summed E-state index contributed by atoms with van der Waals surface area (Å²) in [6, 6.07) is 8.07. The number of piperazine rings is 1. The van der Waals surface area contributed by atoms with E-state index in [0.717, 1.165) is 38.3 Å². The lowest BCUT2D eigenvalue weighted by molar-refractivity contribution is -0.117. The second-order valence-corrected chi connectivity index (χ2v) is 6.74. The van der Waals surface area contributed by atoms with Crippen molar-refractivity contribution in [3.8, 4) is 0 Å². The number of hydrogen-bond donors (Lipinski definition) is 1. The van der Waals surface area contributed by atoms with Gasteiger partial charge in [0.1, 0.15) is 0 Å². The van der Waals surface area contributed by atoms with Crippen molar-refractivity contribution in [3.63, 3.8) is 0 Å². The Hall–Kier alpha value is -1.39. The van der Waals surface area contributed by atoms with Crippen molar-refractivity contribution in [2.45, 2.75) is 46.0 Å². The van der Waals surface area contributed by atoms with E-state index in [4.69, 9.17) is 0 Å². The van der Waals surface area contributed by atoms with Crippen LogP contribution < -0.4 is 5.32 Å². The Morgan fingerprint density at radius 3 is 2.42 bits per heavy atom. The molecule has 1 N–H and O–H groups in total. The number of rotatable bonds is 9. The van der Waals surface area contributed by atoms with E-state index in [0.29, 0.717) is 6.54 Å². The van der Waals surface area contributed by atoms with Crippen molar-refractivity contribution in [2.75, 3.05) is 44.6 Å². The zero-order valence-electron chi connectivity index (χ0n) is 15.4. The normalized spacial score (nSPS) is 16.2. The van der Waals surface area contributed by atoms with Crippen molar-refractivity contribution in [2.24, 2.45) is 0 Å². The second-order valence-electron chi connectivity index (χ2n) is 6.74. The van der Waals surface area contributed by atoms with Gasteiger partial charge in [0, 0.05) is 31.9 Å².